The van der Waals surface area contributed by atoms with Gasteiger partial charge in [-0.1, -0.05) is 38.1 Å². The third kappa shape index (κ3) is 3.56. The van der Waals surface area contributed by atoms with Crippen LogP contribution in [-0.4, -0.2) is 44.8 Å². The molecule has 1 aliphatic rings. The molecule has 1 fully saturated rings. The highest BCUT2D eigenvalue weighted by Gasteiger charge is 2.26. The summed E-state index contributed by atoms with van der Waals surface area (Å²) in [6.45, 7) is 7.29. The fourth-order valence-corrected chi connectivity index (χ4v) is 2.67. The van der Waals surface area contributed by atoms with Gasteiger partial charge in [-0.3, -0.25) is 0 Å². The van der Waals surface area contributed by atoms with Crippen LogP contribution in [-0.2, 0) is 4.74 Å². The standard InChI is InChI=1S/C16H26N2O/c1-12(2)13-5-7-14(8-6-13)16(17-3)15-11-18(4)9-10-19-15/h5-8,12,15-17H,9-11H2,1-4H3. The van der Waals surface area contributed by atoms with E-state index in [9.17, 15) is 0 Å². The molecule has 0 aromatic heterocycles. The minimum Gasteiger partial charge on any atom is -0.374 e. The molecular formula is C16H26N2O. The molecule has 1 heterocycles. The molecule has 0 amide bonds. The number of hydrogen-bond acceptors (Lipinski definition) is 3. The van der Waals surface area contributed by atoms with Crippen molar-refractivity contribution in [1.29, 1.82) is 0 Å². The van der Waals surface area contributed by atoms with E-state index in [1.165, 1.54) is 11.1 Å². The quantitative estimate of drug-likeness (QED) is 0.902. The first-order valence-electron chi connectivity index (χ1n) is 7.19. The first-order valence-corrected chi connectivity index (χ1v) is 7.19. The van der Waals surface area contributed by atoms with Gasteiger partial charge in [-0.05, 0) is 31.1 Å². The number of ether oxygens (including phenoxy) is 1. The molecule has 2 atom stereocenters. The van der Waals surface area contributed by atoms with Crippen molar-refractivity contribution in [3.63, 3.8) is 0 Å². The molecule has 2 unspecified atom stereocenters. The largest absolute Gasteiger partial charge is 0.374 e. The number of benzene rings is 1. The van der Waals surface area contributed by atoms with Crippen LogP contribution in [0.5, 0.6) is 0 Å². The summed E-state index contributed by atoms with van der Waals surface area (Å²) in [5.41, 5.74) is 2.70. The molecule has 1 saturated heterocycles. The Hall–Kier alpha value is -0.900. The molecule has 19 heavy (non-hydrogen) atoms. The summed E-state index contributed by atoms with van der Waals surface area (Å²) < 4.78 is 5.93. The van der Waals surface area contributed by atoms with Crippen LogP contribution in [0.2, 0.25) is 0 Å². The Morgan fingerprint density at radius 3 is 2.37 bits per heavy atom. The molecule has 0 spiro atoms. The van der Waals surface area contributed by atoms with Crippen LogP contribution in [0.4, 0.5) is 0 Å². The average Bonchev–Trinajstić information content (AvgIpc) is 2.40. The first kappa shape index (κ1) is 14.5. The number of likely N-dealkylation sites (N-methyl/N-ethyl adjacent to an activating group) is 2. The third-order valence-electron chi connectivity index (χ3n) is 3.94. The molecule has 1 N–H and O–H groups in total. The number of rotatable bonds is 4. The van der Waals surface area contributed by atoms with Gasteiger partial charge in [-0.15, -0.1) is 0 Å². The summed E-state index contributed by atoms with van der Waals surface area (Å²) in [5.74, 6) is 0.583. The predicted molar refractivity (Wildman–Crippen MR) is 79.6 cm³/mol. The maximum absolute atomic E-state index is 5.93. The van der Waals surface area contributed by atoms with E-state index in [1.54, 1.807) is 0 Å². The van der Waals surface area contributed by atoms with Crippen molar-refractivity contribution in [3.8, 4) is 0 Å². The van der Waals surface area contributed by atoms with E-state index in [1.807, 2.05) is 7.05 Å². The molecule has 1 aromatic carbocycles. The number of nitrogens with zero attached hydrogens (tertiary/aromatic N) is 1. The second kappa shape index (κ2) is 6.51. The molecule has 106 valence electrons. The lowest BCUT2D eigenvalue weighted by Gasteiger charge is -2.35. The van der Waals surface area contributed by atoms with Crippen LogP contribution in [0.1, 0.15) is 36.9 Å². The highest BCUT2D eigenvalue weighted by Crippen LogP contribution is 2.24. The number of hydrogen-bond donors (Lipinski definition) is 1. The molecular weight excluding hydrogens is 236 g/mol. The van der Waals surface area contributed by atoms with Crippen molar-refractivity contribution in [3.05, 3.63) is 35.4 Å². The van der Waals surface area contributed by atoms with Gasteiger partial charge in [0, 0.05) is 13.1 Å². The van der Waals surface area contributed by atoms with E-state index in [-0.39, 0.29) is 12.1 Å². The summed E-state index contributed by atoms with van der Waals surface area (Å²) in [6.07, 6.45) is 0.230. The molecule has 0 radical (unpaired) electrons. The van der Waals surface area contributed by atoms with Crippen LogP contribution in [0.3, 0.4) is 0 Å². The van der Waals surface area contributed by atoms with Gasteiger partial charge in [0.25, 0.3) is 0 Å². The van der Waals surface area contributed by atoms with Crippen LogP contribution in [0, 0.1) is 0 Å². The Labute approximate surface area is 116 Å². The monoisotopic (exact) mass is 262 g/mol. The van der Waals surface area contributed by atoms with Gasteiger partial charge >= 0.3 is 0 Å². The van der Waals surface area contributed by atoms with Crippen LogP contribution in [0.15, 0.2) is 24.3 Å². The molecule has 1 aromatic rings. The number of nitrogens with one attached hydrogen (secondary N) is 1. The molecule has 0 bridgehead atoms. The average molecular weight is 262 g/mol. The smallest absolute Gasteiger partial charge is 0.0896 e. The van der Waals surface area contributed by atoms with Crippen molar-refractivity contribution in [2.75, 3.05) is 33.8 Å². The highest BCUT2D eigenvalue weighted by molar-refractivity contribution is 5.27. The molecule has 0 saturated carbocycles. The Kier molecular flexibility index (Phi) is 4.97. The second-order valence-corrected chi connectivity index (χ2v) is 5.76. The maximum Gasteiger partial charge on any atom is 0.0896 e. The minimum absolute atomic E-state index is 0.230. The zero-order chi connectivity index (χ0) is 13.8. The molecule has 1 aliphatic heterocycles. The van der Waals surface area contributed by atoms with Gasteiger partial charge in [0.1, 0.15) is 0 Å². The maximum atomic E-state index is 5.93. The molecule has 2 rings (SSSR count). The predicted octanol–water partition coefficient (Wildman–Crippen LogP) is 2.40. The lowest BCUT2D eigenvalue weighted by molar-refractivity contribution is -0.0380. The van der Waals surface area contributed by atoms with E-state index < -0.39 is 0 Å². The van der Waals surface area contributed by atoms with Crippen molar-refractivity contribution in [2.45, 2.75) is 31.9 Å². The van der Waals surface area contributed by atoms with E-state index in [0.29, 0.717) is 5.92 Å². The van der Waals surface area contributed by atoms with E-state index in [0.717, 1.165) is 19.7 Å². The van der Waals surface area contributed by atoms with Gasteiger partial charge in [0.2, 0.25) is 0 Å². The van der Waals surface area contributed by atoms with Crippen molar-refractivity contribution in [2.24, 2.45) is 0 Å². The van der Waals surface area contributed by atoms with Gasteiger partial charge in [-0.2, -0.15) is 0 Å². The summed E-state index contributed by atoms with van der Waals surface area (Å²) in [4.78, 5) is 2.33. The third-order valence-corrected chi connectivity index (χ3v) is 3.94. The normalized spacial score (nSPS) is 22.7. The SMILES string of the molecule is CNC(c1ccc(C(C)C)cc1)C1CN(C)CCO1. The topological polar surface area (TPSA) is 24.5 Å². The molecule has 3 heteroatoms. The lowest BCUT2D eigenvalue weighted by Crippen LogP contribution is -2.46. The highest BCUT2D eigenvalue weighted by atomic mass is 16.5. The fraction of sp³-hybridized carbons (Fsp3) is 0.625. The number of morpholine rings is 1. The van der Waals surface area contributed by atoms with Gasteiger partial charge in [0.05, 0.1) is 18.8 Å². The Balaban J connectivity index is 2.12. The van der Waals surface area contributed by atoms with E-state index in [2.05, 4.69) is 55.4 Å². The summed E-state index contributed by atoms with van der Waals surface area (Å²) in [6, 6.07) is 9.19. The fourth-order valence-electron chi connectivity index (χ4n) is 2.67. The Morgan fingerprint density at radius 2 is 1.84 bits per heavy atom. The van der Waals surface area contributed by atoms with Gasteiger partial charge in [-0.25, -0.2) is 0 Å². The molecule has 0 aliphatic carbocycles. The lowest BCUT2D eigenvalue weighted by atomic mass is 9.96. The van der Waals surface area contributed by atoms with Gasteiger partial charge in [0.15, 0.2) is 0 Å². The van der Waals surface area contributed by atoms with Crippen molar-refractivity contribution >= 4 is 0 Å². The molecule has 3 nitrogen and oxygen atoms in total. The summed E-state index contributed by atoms with van der Waals surface area (Å²) in [7, 11) is 4.17. The zero-order valence-electron chi connectivity index (χ0n) is 12.5. The first-order chi connectivity index (χ1) is 9.11. The van der Waals surface area contributed by atoms with E-state index >= 15 is 0 Å². The van der Waals surface area contributed by atoms with Crippen LogP contribution >= 0.6 is 0 Å². The zero-order valence-corrected chi connectivity index (χ0v) is 12.5. The Bertz CT molecular complexity index is 388. The Morgan fingerprint density at radius 1 is 1.21 bits per heavy atom. The van der Waals surface area contributed by atoms with Crippen LogP contribution in [0.25, 0.3) is 0 Å². The second-order valence-electron chi connectivity index (χ2n) is 5.76. The minimum atomic E-state index is 0.230. The van der Waals surface area contributed by atoms with Crippen molar-refractivity contribution < 1.29 is 4.74 Å². The summed E-state index contributed by atoms with van der Waals surface area (Å²) in [5, 5.41) is 3.41. The van der Waals surface area contributed by atoms with Gasteiger partial charge < -0.3 is 15.0 Å². The van der Waals surface area contributed by atoms with E-state index in [4.69, 9.17) is 4.74 Å². The van der Waals surface area contributed by atoms with Crippen molar-refractivity contribution in [1.82, 2.24) is 10.2 Å². The van der Waals surface area contributed by atoms with Crippen LogP contribution < -0.4 is 5.32 Å². The summed E-state index contributed by atoms with van der Waals surface area (Å²) >= 11 is 0.